The molecule has 0 unspecified atom stereocenters. The highest BCUT2D eigenvalue weighted by Crippen LogP contribution is 2.29. The number of ether oxygens (including phenoxy) is 1. The monoisotopic (exact) mass is 637 g/mol. The van der Waals surface area contributed by atoms with Gasteiger partial charge in [0.05, 0.1) is 23.9 Å². The molecule has 3 aromatic carbocycles. The fraction of sp³-hybridized carbons (Fsp3) is 0.351. The molecule has 2 heterocycles. The highest BCUT2D eigenvalue weighted by atomic mass is 16.6. The van der Waals surface area contributed by atoms with Crippen molar-refractivity contribution in [3.63, 3.8) is 0 Å². The molecule has 0 saturated heterocycles. The van der Waals surface area contributed by atoms with Crippen molar-refractivity contribution in [2.45, 2.75) is 65.5 Å². The number of aliphatic hydroxyl groups is 1. The van der Waals surface area contributed by atoms with E-state index in [2.05, 4.69) is 19.2 Å². The molecule has 10 nitrogen and oxygen atoms in total. The van der Waals surface area contributed by atoms with E-state index in [9.17, 15) is 19.5 Å². The maximum atomic E-state index is 14.5. The molecule has 1 aromatic heterocycles. The Balaban J connectivity index is 1.51. The van der Waals surface area contributed by atoms with Crippen LogP contribution in [0.15, 0.2) is 78.9 Å². The van der Waals surface area contributed by atoms with E-state index in [4.69, 9.17) is 9.84 Å². The van der Waals surface area contributed by atoms with Gasteiger partial charge in [0.2, 0.25) is 0 Å². The number of rotatable bonds is 12. The summed E-state index contributed by atoms with van der Waals surface area (Å²) in [5, 5.41) is 17.8. The molecule has 1 aliphatic rings. The van der Waals surface area contributed by atoms with Crippen molar-refractivity contribution in [2.24, 2.45) is 0 Å². The zero-order valence-corrected chi connectivity index (χ0v) is 27.3. The Labute approximate surface area is 276 Å². The molecular weight excluding hydrogens is 594 g/mol. The van der Waals surface area contributed by atoms with Crippen LogP contribution in [0.5, 0.6) is 5.75 Å². The van der Waals surface area contributed by atoms with Gasteiger partial charge >= 0.3 is 6.09 Å². The van der Waals surface area contributed by atoms with Gasteiger partial charge in [-0.15, -0.1) is 0 Å². The zero-order chi connectivity index (χ0) is 33.3. The van der Waals surface area contributed by atoms with Crippen LogP contribution in [0.25, 0.3) is 5.69 Å². The third kappa shape index (κ3) is 7.89. The third-order valence-corrected chi connectivity index (χ3v) is 8.44. The predicted molar refractivity (Wildman–Crippen MR) is 181 cm³/mol. The number of benzene rings is 3. The highest BCUT2D eigenvalue weighted by Gasteiger charge is 2.32. The molecule has 10 heteroatoms. The number of hydrogen-bond acceptors (Lipinski definition) is 6. The minimum absolute atomic E-state index is 0.142. The quantitative estimate of drug-likeness (QED) is 0.186. The topological polar surface area (TPSA) is 117 Å². The Morgan fingerprint density at radius 1 is 0.936 bits per heavy atom. The van der Waals surface area contributed by atoms with E-state index in [1.165, 1.54) is 0 Å². The second-order valence-corrected chi connectivity index (χ2v) is 11.9. The lowest BCUT2D eigenvalue weighted by Gasteiger charge is -2.36. The molecule has 4 aromatic rings. The second-order valence-electron chi connectivity index (χ2n) is 11.9. The van der Waals surface area contributed by atoms with Crippen LogP contribution in [0.4, 0.5) is 10.5 Å². The fourth-order valence-electron chi connectivity index (χ4n) is 5.85. The van der Waals surface area contributed by atoms with Crippen LogP contribution in [0.1, 0.15) is 77.2 Å². The van der Waals surface area contributed by atoms with Crippen molar-refractivity contribution in [2.75, 3.05) is 25.0 Å². The summed E-state index contributed by atoms with van der Waals surface area (Å²) in [5.41, 5.74) is 4.16. The van der Waals surface area contributed by atoms with Crippen LogP contribution in [-0.4, -0.2) is 68.3 Å². The fourth-order valence-corrected chi connectivity index (χ4v) is 5.85. The van der Waals surface area contributed by atoms with Gasteiger partial charge in [-0.2, -0.15) is 5.10 Å². The van der Waals surface area contributed by atoms with Crippen LogP contribution in [0, 0.1) is 6.92 Å². The minimum atomic E-state index is -0.704. The molecule has 0 aliphatic carbocycles. The SMILES string of the molecule is CCCCN(CCCC)C(=O)c1cc(C)n(-c2ccc(NC(=O)Oc3ccccc3)cc2C(=O)N2Cc3ccccc3C[C@H]2CO)n1. The number of hydrogen-bond donors (Lipinski definition) is 2. The largest absolute Gasteiger partial charge is 0.417 e. The number of aryl methyl sites for hydroxylation is 1. The number of anilines is 1. The molecule has 1 aliphatic heterocycles. The molecule has 0 fully saturated rings. The number of fused-ring (bicyclic) bond motifs is 1. The Morgan fingerprint density at radius 2 is 1.62 bits per heavy atom. The molecule has 0 radical (unpaired) electrons. The van der Waals surface area contributed by atoms with Crippen LogP contribution in [0.3, 0.4) is 0 Å². The number of nitrogens with zero attached hydrogens (tertiary/aromatic N) is 4. The summed E-state index contributed by atoms with van der Waals surface area (Å²) in [6.07, 6.45) is 3.57. The van der Waals surface area contributed by atoms with E-state index in [1.807, 2.05) is 42.2 Å². The number of carbonyl (C=O) groups is 3. The van der Waals surface area contributed by atoms with Crippen LogP contribution >= 0.6 is 0 Å². The maximum Gasteiger partial charge on any atom is 0.417 e. The second kappa shape index (κ2) is 15.6. The Bertz CT molecular complexity index is 1690. The summed E-state index contributed by atoms with van der Waals surface area (Å²) < 4.78 is 7.02. The van der Waals surface area contributed by atoms with E-state index in [0.717, 1.165) is 36.8 Å². The Kier molecular flexibility index (Phi) is 11.1. The molecule has 0 spiro atoms. The van der Waals surface area contributed by atoms with Crippen LogP contribution in [-0.2, 0) is 13.0 Å². The van der Waals surface area contributed by atoms with Crippen molar-refractivity contribution in [1.82, 2.24) is 19.6 Å². The van der Waals surface area contributed by atoms with Crippen LogP contribution in [0.2, 0.25) is 0 Å². The van der Waals surface area contributed by atoms with Crippen LogP contribution < -0.4 is 10.1 Å². The van der Waals surface area contributed by atoms with Gasteiger partial charge in [0.1, 0.15) is 5.75 Å². The van der Waals surface area contributed by atoms with E-state index in [1.54, 1.807) is 58.1 Å². The average Bonchev–Trinajstić information content (AvgIpc) is 3.48. The van der Waals surface area contributed by atoms with Crippen molar-refractivity contribution in [3.8, 4) is 11.4 Å². The van der Waals surface area contributed by atoms with Crippen molar-refractivity contribution in [3.05, 3.63) is 107 Å². The van der Waals surface area contributed by atoms with Gasteiger partial charge in [0, 0.05) is 31.0 Å². The maximum absolute atomic E-state index is 14.5. The number of nitrogens with one attached hydrogen (secondary N) is 1. The van der Waals surface area contributed by atoms with Gasteiger partial charge < -0.3 is 19.6 Å². The van der Waals surface area contributed by atoms with E-state index < -0.39 is 12.1 Å². The smallest absolute Gasteiger partial charge is 0.410 e. The Hall–Kier alpha value is -4.96. The number of unbranched alkanes of at least 4 members (excludes halogenated alkanes) is 2. The molecule has 3 amide bonds. The molecule has 0 saturated carbocycles. The van der Waals surface area contributed by atoms with Crippen molar-refractivity contribution >= 4 is 23.6 Å². The summed E-state index contributed by atoms with van der Waals surface area (Å²) in [5.74, 6) is -0.0903. The van der Waals surface area contributed by atoms with Gasteiger partial charge in [-0.25, -0.2) is 9.48 Å². The summed E-state index contributed by atoms with van der Waals surface area (Å²) in [6, 6.07) is 22.9. The standard InChI is InChI=1S/C37H43N5O5/c1-4-6-19-40(20-7-5-2)36(45)33-21-26(3)42(39-33)34-18-17-29(38-37(46)47-31-15-9-8-10-16-31)23-32(34)35(44)41-24-28-14-12-11-13-27(28)22-30(41)25-43/h8-18,21,23,30,43H,4-7,19-20,22,24-25H2,1-3H3,(H,38,46)/t30-/m0/s1. The van der Waals surface area contributed by atoms with Gasteiger partial charge in [-0.3, -0.25) is 14.9 Å². The molecule has 1 atom stereocenters. The highest BCUT2D eigenvalue weighted by molar-refractivity contribution is 6.00. The van der Waals surface area contributed by atoms with Gasteiger partial charge in [0.25, 0.3) is 11.8 Å². The van der Waals surface area contributed by atoms with E-state index in [0.29, 0.717) is 54.6 Å². The zero-order valence-electron chi connectivity index (χ0n) is 27.3. The van der Waals surface area contributed by atoms with Crippen molar-refractivity contribution < 1.29 is 24.2 Å². The molecule has 246 valence electrons. The number of aromatic nitrogens is 2. The summed E-state index contributed by atoms with van der Waals surface area (Å²) >= 11 is 0. The molecule has 0 bridgehead atoms. The predicted octanol–water partition coefficient (Wildman–Crippen LogP) is 6.39. The normalized spacial score (nSPS) is 14.0. The summed E-state index contributed by atoms with van der Waals surface area (Å²) in [4.78, 5) is 44.4. The molecule has 2 N–H and O–H groups in total. The number of carbonyl (C=O) groups excluding carboxylic acids is 3. The van der Waals surface area contributed by atoms with Gasteiger partial charge in [-0.05, 0) is 73.7 Å². The van der Waals surface area contributed by atoms with Crippen molar-refractivity contribution in [1.29, 1.82) is 0 Å². The minimum Gasteiger partial charge on any atom is -0.410 e. The lowest BCUT2D eigenvalue weighted by atomic mass is 9.93. The summed E-state index contributed by atoms with van der Waals surface area (Å²) in [7, 11) is 0. The first-order chi connectivity index (χ1) is 22.8. The Morgan fingerprint density at radius 3 is 2.30 bits per heavy atom. The lowest BCUT2D eigenvalue weighted by molar-refractivity contribution is 0.0544. The first-order valence-corrected chi connectivity index (χ1v) is 16.4. The first-order valence-electron chi connectivity index (χ1n) is 16.4. The lowest BCUT2D eigenvalue weighted by Crippen LogP contribution is -2.46. The first kappa shape index (κ1) is 33.4. The number of amides is 3. The van der Waals surface area contributed by atoms with E-state index >= 15 is 0 Å². The number of aliphatic hydroxyl groups excluding tert-OH is 1. The van der Waals surface area contributed by atoms with Gasteiger partial charge in [0.15, 0.2) is 5.69 Å². The molecule has 5 rings (SSSR count). The number of para-hydroxylation sites is 1. The summed E-state index contributed by atoms with van der Waals surface area (Å²) in [6.45, 7) is 7.47. The molecule has 47 heavy (non-hydrogen) atoms. The average molecular weight is 638 g/mol. The van der Waals surface area contributed by atoms with Gasteiger partial charge in [-0.1, -0.05) is 69.2 Å². The molecular formula is C37H43N5O5. The third-order valence-electron chi connectivity index (χ3n) is 8.44. The van der Waals surface area contributed by atoms with E-state index in [-0.39, 0.29) is 24.0 Å².